The number of carboxylic acids is 1. The van der Waals surface area contributed by atoms with E-state index in [4.69, 9.17) is 9.26 Å². The minimum absolute atomic E-state index is 0.0195. The van der Waals surface area contributed by atoms with E-state index in [1.165, 1.54) is 16.8 Å². The van der Waals surface area contributed by atoms with Crippen molar-refractivity contribution in [2.75, 3.05) is 47.2 Å². The van der Waals surface area contributed by atoms with Gasteiger partial charge in [0.05, 0.1) is 12.0 Å². The molecule has 0 bridgehead atoms. The Bertz CT molecular complexity index is 1310. The third-order valence-corrected chi connectivity index (χ3v) is 8.72. The summed E-state index contributed by atoms with van der Waals surface area (Å²) in [6.07, 6.45) is 6.95. The molecular formula is C26H28N3O5P. The van der Waals surface area contributed by atoms with Crippen molar-refractivity contribution in [3.8, 4) is 11.5 Å². The first kappa shape index (κ1) is 24.6. The van der Waals surface area contributed by atoms with Crippen molar-refractivity contribution in [3.63, 3.8) is 0 Å². The summed E-state index contributed by atoms with van der Waals surface area (Å²) >= 11 is 0. The highest BCUT2D eigenvalue weighted by molar-refractivity contribution is 7.57. The van der Waals surface area contributed by atoms with Crippen LogP contribution in [0.25, 0.3) is 0 Å². The fourth-order valence-electron chi connectivity index (χ4n) is 3.98. The molecule has 0 aromatic heterocycles. The zero-order valence-electron chi connectivity index (χ0n) is 20.6. The first-order chi connectivity index (χ1) is 16.5. The number of anilines is 1. The van der Waals surface area contributed by atoms with Crippen molar-refractivity contribution in [1.82, 2.24) is 9.57 Å². The smallest absolute Gasteiger partial charge is 0.333 e. The van der Waals surface area contributed by atoms with E-state index >= 15 is 0 Å². The van der Waals surface area contributed by atoms with Crippen molar-refractivity contribution in [2.24, 2.45) is 0 Å². The van der Waals surface area contributed by atoms with Gasteiger partial charge in [0.25, 0.3) is 0 Å². The van der Waals surface area contributed by atoms with Crippen molar-refractivity contribution in [3.05, 3.63) is 88.8 Å². The lowest BCUT2D eigenvalue weighted by Crippen LogP contribution is -2.27. The average molecular weight is 494 g/mol. The van der Waals surface area contributed by atoms with Gasteiger partial charge in [-0.15, -0.1) is 0 Å². The summed E-state index contributed by atoms with van der Waals surface area (Å²) in [5.41, 5.74) is 2.08. The monoisotopic (exact) mass is 493 g/mol. The summed E-state index contributed by atoms with van der Waals surface area (Å²) in [5, 5.41) is 11.7. The van der Waals surface area contributed by atoms with Gasteiger partial charge in [0.1, 0.15) is 17.9 Å². The van der Waals surface area contributed by atoms with Crippen LogP contribution in [-0.4, -0.2) is 57.8 Å². The maximum absolute atomic E-state index is 14.8. The number of carbonyl (C=O) groups excluding carboxylic acids is 1. The van der Waals surface area contributed by atoms with Crippen LogP contribution in [-0.2, 0) is 4.57 Å². The molecule has 182 valence electrons. The fraction of sp³-hybridized carbons (Fsp3) is 0.269. The molecule has 0 radical (unpaired) electrons. The van der Waals surface area contributed by atoms with Gasteiger partial charge >= 0.3 is 7.52 Å². The molecule has 35 heavy (non-hydrogen) atoms. The van der Waals surface area contributed by atoms with Gasteiger partial charge in [-0.25, -0.2) is 4.67 Å². The Balaban J connectivity index is 1.93. The highest BCUT2D eigenvalue weighted by atomic mass is 31.2. The van der Waals surface area contributed by atoms with Gasteiger partial charge in [-0.1, -0.05) is 18.2 Å². The number of hydrogen-bond acceptors (Lipinski definition) is 7. The van der Waals surface area contributed by atoms with Crippen LogP contribution in [0.5, 0.6) is 11.5 Å². The van der Waals surface area contributed by atoms with E-state index in [0.717, 1.165) is 11.4 Å². The first-order valence-corrected chi connectivity index (χ1v) is 12.7. The third kappa shape index (κ3) is 4.44. The molecule has 0 fully saturated rings. The Morgan fingerprint density at radius 2 is 1.77 bits per heavy atom. The van der Waals surface area contributed by atoms with Gasteiger partial charge in [-0.2, -0.15) is 0 Å². The number of nitrogens with zero attached hydrogens (tertiary/aromatic N) is 3. The molecule has 1 aliphatic carbocycles. The van der Waals surface area contributed by atoms with E-state index in [-0.39, 0.29) is 11.3 Å². The van der Waals surface area contributed by atoms with Crippen LogP contribution in [0.1, 0.15) is 21.6 Å². The molecule has 4 rings (SSSR count). The summed E-state index contributed by atoms with van der Waals surface area (Å²) in [6, 6.07) is 11.7. The molecule has 2 aromatic rings. The molecule has 8 nitrogen and oxygen atoms in total. The van der Waals surface area contributed by atoms with E-state index in [0.29, 0.717) is 22.6 Å². The normalized spacial score (nSPS) is 17.9. The maximum Gasteiger partial charge on any atom is 0.333 e. The molecule has 1 heterocycles. The van der Waals surface area contributed by atoms with Gasteiger partial charge in [0, 0.05) is 51.1 Å². The van der Waals surface area contributed by atoms with Gasteiger partial charge in [-0.05, 0) is 32.3 Å². The summed E-state index contributed by atoms with van der Waals surface area (Å²) in [6.45, 7) is 0. The molecule has 2 unspecified atom stereocenters. The van der Waals surface area contributed by atoms with Crippen molar-refractivity contribution in [2.45, 2.75) is 5.66 Å². The number of likely N-dealkylation sites (N-methyl/N-ethyl adjacent to an activating group) is 1. The molecule has 2 atom stereocenters. The largest absolute Gasteiger partial charge is 0.545 e. The van der Waals surface area contributed by atoms with Gasteiger partial charge in [0.15, 0.2) is 22.7 Å². The fourth-order valence-corrected chi connectivity index (χ4v) is 6.25. The standard InChI is InChI=1S/C26H28N3O5P/c1-27(2)17-11-13-19-23(15-17)33-24-16-18(28(3)4)12-14-20(24)25(19)35(32,29(5)6)34-22-10-8-7-9-21(22)26(30)31/h7-13,15-16,25H,1-6H3. The van der Waals surface area contributed by atoms with E-state index in [1.807, 2.05) is 68.3 Å². The maximum atomic E-state index is 14.8. The zero-order chi connectivity index (χ0) is 25.5. The number of aromatic carboxylic acids is 1. The Hall–Kier alpha value is -3.57. The topological polar surface area (TPSA) is 85.4 Å². The minimum atomic E-state index is -3.79. The number of carbonyl (C=O) groups is 1. The predicted octanol–water partition coefficient (Wildman–Crippen LogP) is 3.46. The van der Waals surface area contributed by atoms with E-state index in [2.05, 4.69) is 6.08 Å². The number of para-hydroxylation sites is 1. The lowest BCUT2D eigenvalue weighted by Gasteiger charge is -2.35. The summed E-state index contributed by atoms with van der Waals surface area (Å²) in [5.74, 6) is -0.356. The van der Waals surface area contributed by atoms with Gasteiger partial charge in [-0.3, -0.25) is 4.57 Å². The molecule has 2 aromatic carbocycles. The number of carboxylic acid groups (broad SMARTS) is 1. The Morgan fingerprint density at radius 3 is 2.40 bits per heavy atom. The lowest BCUT2D eigenvalue weighted by molar-refractivity contribution is -0.255. The van der Waals surface area contributed by atoms with Crippen molar-refractivity contribution >= 4 is 19.2 Å². The van der Waals surface area contributed by atoms with Crippen LogP contribution < -0.4 is 19.3 Å². The first-order valence-electron chi connectivity index (χ1n) is 11.0. The molecule has 2 aliphatic rings. The van der Waals surface area contributed by atoms with Gasteiger partial charge in [0.2, 0.25) is 5.76 Å². The van der Waals surface area contributed by atoms with E-state index in [9.17, 15) is 14.5 Å². The SMILES string of the molecule is CN(C)C1=CC2=C([C+]=C1)C(P(=O)(Oc1ccccc1C(=O)[O-])N(C)C)c1ccc(N(C)C)cc1O2. The Kier molecular flexibility index (Phi) is 6.48. The van der Waals surface area contributed by atoms with Crippen LogP contribution in [0.2, 0.25) is 0 Å². The minimum Gasteiger partial charge on any atom is -0.545 e. The molecule has 0 saturated carbocycles. The second-order valence-electron chi connectivity index (χ2n) is 8.94. The molecule has 0 amide bonds. The zero-order valence-corrected chi connectivity index (χ0v) is 21.5. The highest BCUT2D eigenvalue weighted by Crippen LogP contribution is 2.67. The lowest BCUT2D eigenvalue weighted by atomic mass is 9.96. The van der Waals surface area contributed by atoms with Crippen LogP contribution in [0.3, 0.4) is 0 Å². The summed E-state index contributed by atoms with van der Waals surface area (Å²) in [7, 11) is 7.20. The number of benzene rings is 2. The summed E-state index contributed by atoms with van der Waals surface area (Å²) in [4.78, 5) is 15.6. The second kappa shape index (κ2) is 9.23. The predicted molar refractivity (Wildman–Crippen MR) is 133 cm³/mol. The van der Waals surface area contributed by atoms with Crippen molar-refractivity contribution < 1.29 is 23.7 Å². The Morgan fingerprint density at radius 1 is 1.06 bits per heavy atom. The molecule has 0 spiro atoms. The van der Waals surface area contributed by atoms with Crippen LogP contribution in [0.4, 0.5) is 5.69 Å². The molecule has 0 N–H and O–H groups in total. The highest BCUT2D eigenvalue weighted by Gasteiger charge is 2.50. The van der Waals surface area contributed by atoms with Gasteiger partial charge < -0.3 is 29.0 Å². The quantitative estimate of drug-likeness (QED) is 0.428. The number of ether oxygens (including phenoxy) is 1. The van der Waals surface area contributed by atoms with E-state index in [1.54, 1.807) is 26.2 Å². The number of hydrogen-bond donors (Lipinski definition) is 0. The molecule has 9 heteroatoms. The Labute approximate surface area is 205 Å². The summed E-state index contributed by atoms with van der Waals surface area (Å²) < 4.78 is 28.7. The number of fused-ring (bicyclic) bond motifs is 1. The van der Waals surface area contributed by atoms with Crippen LogP contribution in [0.15, 0.2) is 71.6 Å². The number of rotatable bonds is 7. The molecular weight excluding hydrogens is 465 g/mol. The van der Waals surface area contributed by atoms with Crippen LogP contribution in [0, 0.1) is 6.08 Å². The third-order valence-electron chi connectivity index (χ3n) is 5.96. The average Bonchev–Trinajstić information content (AvgIpc) is 2.81. The van der Waals surface area contributed by atoms with Crippen LogP contribution >= 0.6 is 7.52 Å². The van der Waals surface area contributed by atoms with E-state index < -0.39 is 19.1 Å². The molecule has 0 saturated heterocycles. The molecule has 1 aliphatic heterocycles. The van der Waals surface area contributed by atoms with Crippen molar-refractivity contribution in [1.29, 1.82) is 0 Å². The second-order valence-corrected chi connectivity index (χ2v) is 11.6. The number of allylic oxidation sites excluding steroid dienone is 4.